The number of fused-ring (bicyclic) bond motifs is 1. The highest BCUT2D eigenvalue weighted by Crippen LogP contribution is 2.35. The number of carbonyl (C=O) groups is 2. The molecular formula is C21H26N6O2. The molecule has 2 aliphatic heterocycles. The Morgan fingerprint density at radius 1 is 1.24 bits per heavy atom. The third-order valence-electron chi connectivity index (χ3n) is 5.81. The van der Waals surface area contributed by atoms with Crippen molar-refractivity contribution in [3.05, 3.63) is 48.5 Å². The van der Waals surface area contributed by atoms with Gasteiger partial charge >= 0.3 is 0 Å². The largest absolute Gasteiger partial charge is 0.355 e. The molecule has 0 unspecified atom stereocenters. The molecule has 1 N–H and O–H groups in total. The first-order valence-electron chi connectivity index (χ1n) is 10.2. The second kappa shape index (κ2) is 8.55. The summed E-state index contributed by atoms with van der Waals surface area (Å²) in [6.07, 6.45) is 9.10. The number of rotatable bonds is 6. The van der Waals surface area contributed by atoms with Gasteiger partial charge in [-0.3, -0.25) is 14.6 Å². The summed E-state index contributed by atoms with van der Waals surface area (Å²) in [5, 5.41) is 3.06. The molecule has 0 saturated carbocycles. The van der Waals surface area contributed by atoms with Gasteiger partial charge in [0, 0.05) is 43.9 Å². The Morgan fingerprint density at radius 3 is 2.79 bits per heavy atom. The van der Waals surface area contributed by atoms with Gasteiger partial charge in [-0.1, -0.05) is 13.0 Å². The van der Waals surface area contributed by atoms with Crippen LogP contribution in [0.3, 0.4) is 0 Å². The van der Waals surface area contributed by atoms with E-state index in [1.165, 1.54) is 0 Å². The fourth-order valence-electron chi connectivity index (χ4n) is 4.52. The normalized spacial score (nSPS) is 23.8. The summed E-state index contributed by atoms with van der Waals surface area (Å²) >= 11 is 0. The van der Waals surface area contributed by atoms with Crippen LogP contribution in [0, 0.1) is 5.92 Å². The Labute approximate surface area is 170 Å². The smallest absolute Gasteiger partial charge is 0.242 e. The van der Waals surface area contributed by atoms with Crippen molar-refractivity contribution < 1.29 is 9.59 Å². The number of nitrogens with zero attached hydrogens (tertiary/aromatic N) is 5. The standard InChI is InChI=1S/C21H26N6O2/c1-2-18-17(20(29)23-10-6-15-5-3-7-22-12-15)11-16-13-26(14-19(28)27(16)18)21-24-8-4-9-25-21/h3-5,7-9,12,16-18H,2,6,10-11,13-14H2,1H3,(H,23,29)/t16-,17-,18-/m1/s1. The maximum atomic E-state index is 12.9. The highest BCUT2D eigenvalue weighted by molar-refractivity contribution is 5.86. The molecule has 0 aliphatic carbocycles. The summed E-state index contributed by atoms with van der Waals surface area (Å²) in [5.74, 6) is 0.467. The molecular weight excluding hydrogens is 368 g/mol. The van der Waals surface area contributed by atoms with E-state index in [4.69, 9.17) is 0 Å². The number of anilines is 1. The van der Waals surface area contributed by atoms with Gasteiger partial charge in [0.05, 0.1) is 12.0 Å². The van der Waals surface area contributed by atoms with E-state index in [9.17, 15) is 9.59 Å². The quantitative estimate of drug-likeness (QED) is 0.787. The van der Waals surface area contributed by atoms with E-state index < -0.39 is 0 Å². The molecule has 0 spiro atoms. The lowest BCUT2D eigenvalue weighted by atomic mass is 9.96. The molecule has 2 aromatic rings. The van der Waals surface area contributed by atoms with Gasteiger partial charge in [0.25, 0.3) is 0 Å². The molecule has 0 radical (unpaired) electrons. The van der Waals surface area contributed by atoms with Gasteiger partial charge in [0.15, 0.2) is 0 Å². The lowest BCUT2D eigenvalue weighted by Gasteiger charge is -2.39. The second-order valence-electron chi connectivity index (χ2n) is 7.60. The first kappa shape index (κ1) is 19.3. The van der Waals surface area contributed by atoms with Crippen molar-refractivity contribution in [3.8, 4) is 0 Å². The van der Waals surface area contributed by atoms with E-state index in [1.54, 1.807) is 24.7 Å². The fraction of sp³-hybridized carbons (Fsp3) is 0.476. The zero-order valence-electron chi connectivity index (χ0n) is 16.6. The molecule has 2 saturated heterocycles. The van der Waals surface area contributed by atoms with Crippen LogP contribution in [0.25, 0.3) is 0 Å². The van der Waals surface area contributed by atoms with Crippen LogP contribution < -0.4 is 10.2 Å². The van der Waals surface area contributed by atoms with Crippen LogP contribution in [0.4, 0.5) is 5.95 Å². The molecule has 4 rings (SSSR count). The molecule has 0 bridgehead atoms. The number of hydrogen-bond acceptors (Lipinski definition) is 6. The second-order valence-corrected chi connectivity index (χ2v) is 7.60. The van der Waals surface area contributed by atoms with E-state index in [-0.39, 0.29) is 36.4 Å². The molecule has 2 aliphatic rings. The lowest BCUT2D eigenvalue weighted by Crippen LogP contribution is -2.56. The van der Waals surface area contributed by atoms with Crippen LogP contribution in [0.5, 0.6) is 0 Å². The highest BCUT2D eigenvalue weighted by atomic mass is 16.2. The van der Waals surface area contributed by atoms with Gasteiger partial charge in [-0.2, -0.15) is 0 Å². The SMILES string of the molecule is CC[C@@H]1[C@H](C(=O)NCCc2cccnc2)C[C@@H]2CN(c3ncccn3)CC(=O)N21. The minimum atomic E-state index is -0.181. The van der Waals surface area contributed by atoms with Crippen LogP contribution in [0.15, 0.2) is 43.0 Å². The third kappa shape index (κ3) is 4.06. The van der Waals surface area contributed by atoms with E-state index >= 15 is 0 Å². The van der Waals surface area contributed by atoms with E-state index in [0.717, 1.165) is 18.4 Å². The van der Waals surface area contributed by atoms with Crippen LogP contribution in [-0.4, -0.2) is 63.4 Å². The number of hydrogen-bond donors (Lipinski definition) is 1. The fourth-order valence-corrected chi connectivity index (χ4v) is 4.52. The maximum Gasteiger partial charge on any atom is 0.242 e. The minimum Gasteiger partial charge on any atom is -0.355 e. The zero-order valence-corrected chi connectivity index (χ0v) is 16.6. The van der Waals surface area contributed by atoms with Gasteiger partial charge in [-0.05, 0) is 37.0 Å². The van der Waals surface area contributed by atoms with Crippen LogP contribution in [-0.2, 0) is 16.0 Å². The molecule has 8 heteroatoms. The first-order chi connectivity index (χ1) is 14.2. The highest BCUT2D eigenvalue weighted by Gasteiger charge is 2.48. The van der Waals surface area contributed by atoms with Crippen molar-refractivity contribution in [3.63, 3.8) is 0 Å². The lowest BCUT2D eigenvalue weighted by molar-refractivity contribution is -0.135. The van der Waals surface area contributed by atoms with Gasteiger partial charge in [0.2, 0.25) is 17.8 Å². The molecule has 2 amide bonds. The maximum absolute atomic E-state index is 12.9. The molecule has 0 aromatic carbocycles. The monoisotopic (exact) mass is 394 g/mol. The zero-order chi connectivity index (χ0) is 20.2. The topological polar surface area (TPSA) is 91.3 Å². The number of pyridine rings is 1. The molecule has 2 aromatic heterocycles. The van der Waals surface area contributed by atoms with Crippen molar-refractivity contribution in [2.45, 2.75) is 38.3 Å². The number of piperazine rings is 1. The Morgan fingerprint density at radius 2 is 2.07 bits per heavy atom. The molecule has 29 heavy (non-hydrogen) atoms. The Kier molecular flexibility index (Phi) is 5.69. The number of nitrogens with one attached hydrogen (secondary N) is 1. The van der Waals surface area contributed by atoms with Crippen LogP contribution in [0.1, 0.15) is 25.3 Å². The summed E-state index contributed by atoms with van der Waals surface area (Å²) in [6.45, 7) is 3.53. The Bertz CT molecular complexity index is 847. The van der Waals surface area contributed by atoms with Gasteiger partial charge in [0.1, 0.15) is 6.54 Å². The van der Waals surface area contributed by atoms with Crippen molar-refractivity contribution >= 4 is 17.8 Å². The summed E-state index contributed by atoms with van der Waals surface area (Å²) in [4.78, 5) is 42.3. The summed E-state index contributed by atoms with van der Waals surface area (Å²) in [7, 11) is 0. The predicted molar refractivity (Wildman–Crippen MR) is 108 cm³/mol. The van der Waals surface area contributed by atoms with Gasteiger partial charge in [-0.15, -0.1) is 0 Å². The molecule has 2 fully saturated rings. The summed E-state index contributed by atoms with van der Waals surface area (Å²) in [6, 6.07) is 5.62. The van der Waals surface area contributed by atoms with E-state index in [1.807, 2.05) is 35.1 Å². The molecule has 3 atom stereocenters. The van der Waals surface area contributed by atoms with Crippen molar-refractivity contribution in [2.75, 3.05) is 24.5 Å². The van der Waals surface area contributed by atoms with Gasteiger partial charge in [-0.25, -0.2) is 9.97 Å². The average Bonchev–Trinajstić information content (AvgIpc) is 3.14. The third-order valence-corrected chi connectivity index (χ3v) is 5.81. The molecule has 8 nitrogen and oxygen atoms in total. The summed E-state index contributed by atoms with van der Waals surface area (Å²) in [5.41, 5.74) is 1.09. The van der Waals surface area contributed by atoms with Crippen molar-refractivity contribution in [2.24, 2.45) is 5.92 Å². The van der Waals surface area contributed by atoms with E-state index in [2.05, 4.69) is 20.3 Å². The Balaban J connectivity index is 1.40. The number of amides is 2. The minimum absolute atomic E-state index is 0.0130. The predicted octanol–water partition coefficient (Wildman–Crippen LogP) is 1.05. The summed E-state index contributed by atoms with van der Waals surface area (Å²) < 4.78 is 0. The molecule has 152 valence electrons. The van der Waals surface area contributed by atoms with E-state index in [0.29, 0.717) is 25.5 Å². The number of carbonyl (C=O) groups excluding carboxylic acids is 2. The average molecular weight is 394 g/mol. The van der Waals surface area contributed by atoms with Crippen molar-refractivity contribution in [1.82, 2.24) is 25.2 Å². The molecule has 4 heterocycles. The Hall–Kier alpha value is -3.03. The number of aromatic nitrogens is 3. The first-order valence-corrected chi connectivity index (χ1v) is 10.2. The van der Waals surface area contributed by atoms with Crippen LogP contribution in [0.2, 0.25) is 0 Å². The van der Waals surface area contributed by atoms with Crippen molar-refractivity contribution in [1.29, 1.82) is 0 Å². The van der Waals surface area contributed by atoms with Crippen LogP contribution >= 0.6 is 0 Å². The van der Waals surface area contributed by atoms with Gasteiger partial charge < -0.3 is 15.1 Å².